The van der Waals surface area contributed by atoms with Crippen molar-refractivity contribution in [3.8, 4) is 0 Å². The fourth-order valence-corrected chi connectivity index (χ4v) is 4.17. The molecule has 142 valence electrons. The molecule has 1 amide bonds. The first-order valence-electron chi connectivity index (χ1n) is 9.20. The van der Waals surface area contributed by atoms with Gasteiger partial charge >= 0.3 is 0 Å². The molecular formula is C21H21F2NO3. The number of furan rings is 1. The minimum Gasteiger partial charge on any atom is -0.455 e. The van der Waals surface area contributed by atoms with E-state index < -0.39 is 17.4 Å². The molecule has 0 bridgehead atoms. The summed E-state index contributed by atoms with van der Waals surface area (Å²) in [4.78, 5) is 26.5. The molecule has 1 fully saturated rings. The molecule has 1 atom stereocenters. The van der Waals surface area contributed by atoms with Gasteiger partial charge in [-0.3, -0.25) is 9.59 Å². The molecule has 4 nitrogen and oxygen atoms in total. The number of alkyl halides is 1. The molecule has 0 saturated carbocycles. The predicted molar refractivity (Wildman–Crippen MR) is 95.2 cm³/mol. The topological polar surface area (TPSA) is 50.5 Å². The monoisotopic (exact) mass is 373 g/mol. The summed E-state index contributed by atoms with van der Waals surface area (Å²) in [5, 5.41) is 0. The van der Waals surface area contributed by atoms with Gasteiger partial charge in [0.05, 0.1) is 12.1 Å². The Bertz CT molecular complexity index is 929. The molecule has 2 aliphatic rings. The van der Waals surface area contributed by atoms with Gasteiger partial charge in [-0.1, -0.05) is 6.07 Å². The molecular weight excluding hydrogens is 352 g/mol. The number of ketones is 1. The number of amides is 1. The minimum atomic E-state index is -1.79. The molecule has 2 aromatic rings. The number of likely N-dealkylation sites (tertiary alicyclic amines) is 1. The first kappa shape index (κ1) is 17.9. The number of aryl methyl sites for hydroxylation is 2. The highest BCUT2D eigenvalue weighted by atomic mass is 19.1. The highest BCUT2D eigenvalue weighted by Crippen LogP contribution is 2.38. The third-order valence-corrected chi connectivity index (χ3v) is 5.57. The Balaban J connectivity index is 1.61. The van der Waals surface area contributed by atoms with Crippen LogP contribution in [0.5, 0.6) is 0 Å². The smallest absolute Gasteiger partial charge is 0.289 e. The van der Waals surface area contributed by atoms with E-state index in [2.05, 4.69) is 0 Å². The van der Waals surface area contributed by atoms with Crippen LogP contribution in [0.2, 0.25) is 0 Å². The third-order valence-electron chi connectivity index (χ3n) is 5.57. The molecule has 0 spiro atoms. The van der Waals surface area contributed by atoms with Gasteiger partial charge in [-0.05, 0) is 43.5 Å². The number of Topliss-reactive ketones (excluding diaryl/α,β-unsaturated/α-hetero) is 1. The van der Waals surface area contributed by atoms with Crippen LogP contribution in [0.15, 0.2) is 22.6 Å². The molecule has 0 N–H and O–H groups in total. The van der Waals surface area contributed by atoms with Crippen molar-refractivity contribution in [1.29, 1.82) is 0 Å². The second kappa shape index (κ2) is 6.29. The van der Waals surface area contributed by atoms with Crippen LogP contribution in [-0.2, 0) is 12.1 Å². The molecule has 2 heterocycles. The Labute approximate surface area is 156 Å². The number of rotatable bonds is 2. The maximum Gasteiger partial charge on any atom is 0.289 e. The van der Waals surface area contributed by atoms with E-state index in [1.165, 1.54) is 17.0 Å². The van der Waals surface area contributed by atoms with E-state index in [-0.39, 0.29) is 36.6 Å². The molecule has 4 rings (SSSR count). The van der Waals surface area contributed by atoms with Crippen molar-refractivity contribution >= 4 is 11.7 Å². The van der Waals surface area contributed by atoms with E-state index >= 15 is 4.39 Å². The number of hydrogen-bond acceptors (Lipinski definition) is 3. The van der Waals surface area contributed by atoms with E-state index in [0.29, 0.717) is 41.7 Å². The number of carbonyl (C=O) groups is 2. The molecule has 27 heavy (non-hydrogen) atoms. The Morgan fingerprint density at radius 3 is 2.70 bits per heavy atom. The van der Waals surface area contributed by atoms with E-state index in [0.717, 1.165) is 0 Å². The van der Waals surface area contributed by atoms with Crippen LogP contribution in [0, 0.1) is 19.7 Å². The number of halogens is 2. The van der Waals surface area contributed by atoms with E-state index in [1.807, 2.05) is 0 Å². The molecule has 0 radical (unpaired) electrons. The molecule has 1 aliphatic carbocycles. The van der Waals surface area contributed by atoms with Crippen LogP contribution >= 0.6 is 0 Å². The van der Waals surface area contributed by atoms with E-state index in [9.17, 15) is 14.0 Å². The summed E-state index contributed by atoms with van der Waals surface area (Å²) in [7, 11) is 0. The van der Waals surface area contributed by atoms with Crippen LogP contribution in [0.4, 0.5) is 8.78 Å². The van der Waals surface area contributed by atoms with Crippen molar-refractivity contribution < 1.29 is 22.8 Å². The minimum absolute atomic E-state index is 0.00644. The zero-order chi connectivity index (χ0) is 19.3. The molecule has 1 aliphatic heterocycles. The zero-order valence-corrected chi connectivity index (χ0v) is 15.4. The number of carbonyl (C=O) groups excluding carboxylic acids is 2. The van der Waals surface area contributed by atoms with Crippen molar-refractivity contribution in [2.45, 2.75) is 45.2 Å². The number of fused-ring (bicyclic) bond motifs is 1. The van der Waals surface area contributed by atoms with Gasteiger partial charge in [0.15, 0.2) is 17.2 Å². The standard InChI is InChI=1S/C21H21F2NO3/c1-12-8-14(10-15(22)9-12)21(23)6-7-24(11-21)20(26)19-13(2)18-16(25)4-3-5-17(18)27-19/h8-10H,3-7,11H2,1-2H3. The van der Waals surface area contributed by atoms with Crippen molar-refractivity contribution in [1.82, 2.24) is 4.90 Å². The van der Waals surface area contributed by atoms with Crippen LogP contribution in [0.1, 0.15) is 62.6 Å². The van der Waals surface area contributed by atoms with Gasteiger partial charge in [-0.25, -0.2) is 8.78 Å². The summed E-state index contributed by atoms with van der Waals surface area (Å²) in [6, 6.07) is 4.15. The van der Waals surface area contributed by atoms with Crippen molar-refractivity contribution in [3.05, 3.63) is 57.8 Å². The Kier molecular flexibility index (Phi) is 4.17. The maximum atomic E-state index is 15.5. The molecule has 6 heteroatoms. The predicted octanol–water partition coefficient (Wildman–Crippen LogP) is 4.27. The summed E-state index contributed by atoms with van der Waals surface area (Å²) < 4.78 is 34.9. The van der Waals surface area contributed by atoms with E-state index in [1.54, 1.807) is 19.9 Å². The van der Waals surface area contributed by atoms with Crippen LogP contribution < -0.4 is 0 Å². The lowest BCUT2D eigenvalue weighted by Gasteiger charge is -2.21. The summed E-state index contributed by atoms with van der Waals surface area (Å²) in [5.41, 5.74) is 0.146. The first-order chi connectivity index (χ1) is 12.8. The average Bonchev–Trinajstić information content (AvgIpc) is 3.16. The lowest BCUT2D eigenvalue weighted by Crippen LogP contribution is -2.32. The second-order valence-electron chi connectivity index (χ2n) is 7.59. The second-order valence-corrected chi connectivity index (χ2v) is 7.59. The van der Waals surface area contributed by atoms with Crippen molar-refractivity contribution in [2.24, 2.45) is 0 Å². The van der Waals surface area contributed by atoms with E-state index in [4.69, 9.17) is 4.42 Å². The summed E-state index contributed by atoms with van der Waals surface area (Å²) in [6.07, 6.45) is 1.89. The van der Waals surface area contributed by atoms with Gasteiger partial charge in [0.25, 0.3) is 5.91 Å². The fourth-order valence-electron chi connectivity index (χ4n) is 4.17. The summed E-state index contributed by atoms with van der Waals surface area (Å²) >= 11 is 0. The summed E-state index contributed by atoms with van der Waals surface area (Å²) in [5.74, 6) is -0.233. The first-order valence-corrected chi connectivity index (χ1v) is 9.20. The normalized spacial score (nSPS) is 22.2. The van der Waals surface area contributed by atoms with Crippen LogP contribution in [0.25, 0.3) is 0 Å². The highest BCUT2D eigenvalue weighted by molar-refractivity contribution is 6.03. The number of hydrogen-bond donors (Lipinski definition) is 0. The van der Waals surface area contributed by atoms with Crippen molar-refractivity contribution in [3.63, 3.8) is 0 Å². The number of benzene rings is 1. The lowest BCUT2D eigenvalue weighted by atomic mass is 9.93. The third kappa shape index (κ3) is 2.97. The molecule has 1 aromatic carbocycles. The SMILES string of the molecule is Cc1cc(F)cc(C2(F)CCN(C(=O)c3oc4c(c3C)C(=O)CCC4)C2)c1. The van der Waals surface area contributed by atoms with Gasteiger partial charge < -0.3 is 9.32 Å². The largest absolute Gasteiger partial charge is 0.455 e. The van der Waals surface area contributed by atoms with Gasteiger partial charge in [-0.15, -0.1) is 0 Å². The number of nitrogens with zero attached hydrogens (tertiary/aromatic N) is 1. The Morgan fingerprint density at radius 1 is 1.22 bits per heavy atom. The van der Waals surface area contributed by atoms with Crippen molar-refractivity contribution in [2.75, 3.05) is 13.1 Å². The van der Waals surface area contributed by atoms with Gasteiger partial charge in [0.2, 0.25) is 0 Å². The Hall–Kier alpha value is -2.50. The molecule has 1 aromatic heterocycles. The summed E-state index contributed by atoms with van der Waals surface area (Å²) in [6.45, 7) is 3.46. The zero-order valence-electron chi connectivity index (χ0n) is 15.4. The van der Waals surface area contributed by atoms with Crippen LogP contribution in [-0.4, -0.2) is 29.7 Å². The average molecular weight is 373 g/mol. The van der Waals surface area contributed by atoms with Gasteiger partial charge in [0, 0.05) is 31.4 Å². The lowest BCUT2D eigenvalue weighted by molar-refractivity contribution is 0.0716. The molecule has 1 saturated heterocycles. The van der Waals surface area contributed by atoms with Gasteiger partial charge in [-0.2, -0.15) is 0 Å². The quantitative estimate of drug-likeness (QED) is 0.790. The highest BCUT2D eigenvalue weighted by Gasteiger charge is 2.43. The fraction of sp³-hybridized carbons (Fsp3) is 0.429. The van der Waals surface area contributed by atoms with Gasteiger partial charge in [0.1, 0.15) is 11.6 Å². The van der Waals surface area contributed by atoms with Crippen LogP contribution in [0.3, 0.4) is 0 Å². The molecule has 1 unspecified atom stereocenters. The Morgan fingerprint density at radius 2 is 2.00 bits per heavy atom. The maximum absolute atomic E-state index is 15.5.